The van der Waals surface area contributed by atoms with E-state index in [-0.39, 0.29) is 11.5 Å². The molecule has 0 saturated heterocycles. The van der Waals surface area contributed by atoms with Crippen molar-refractivity contribution in [2.24, 2.45) is 4.99 Å². The number of aromatic nitrogens is 2. The Morgan fingerprint density at radius 3 is 2.69 bits per heavy atom. The molecular formula is C21H16N4O4. The number of rotatable bonds is 4. The number of hydrogen-bond acceptors (Lipinski definition) is 5. The zero-order chi connectivity index (χ0) is 20.2. The molecule has 3 heterocycles. The zero-order valence-corrected chi connectivity index (χ0v) is 15.3. The number of nitrogens with one attached hydrogen (secondary N) is 3. The summed E-state index contributed by atoms with van der Waals surface area (Å²) < 4.78 is 5.43. The number of aromatic amines is 2. The summed E-state index contributed by atoms with van der Waals surface area (Å²) in [7, 11) is 1.32. The van der Waals surface area contributed by atoms with Crippen molar-refractivity contribution >= 4 is 39.2 Å². The van der Waals surface area contributed by atoms with Gasteiger partial charge in [-0.3, -0.25) is 14.9 Å². The summed E-state index contributed by atoms with van der Waals surface area (Å²) in [4.78, 5) is 36.5. The normalized spacial score (nSPS) is 18.9. The Labute approximate surface area is 164 Å². The fourth-order valence-electron chi connectivity index (χ4n) is 3.68. The number of amides is 1. The van der Waals surface area contributed by atoms with Gasteiger partial charge in [-0.05, 0) is 18.2 Å². The highest BCUT2D eigenvalue weighted by Crippen LogP contribution is 2.30. The monoisotopic (exact) mass is 388 g/mol. The third-order valence-electron chi connectivity index (χ3n) is 5.12. The molecule has 2 aromatic heterocycles. The first-order valence-corrected chi connectivity index (χ1v) is 8.91. The largest absolute Gasteiger partial charge is 0.508 e. The second kappa shape index (κ2) is 6.05. The SMILES string of the molecule is CO[C@@]1(C(=O)c2c[nH]c3cc(O)ccc23)N=C(c2c[nH]c3ccccc23)C(=O)N1. The van der Waals surface area contributed by atoms with Gasteiger partial charge in [0.2, 0.25) is 5.78 Å². The molecule has 0 radical (unpaired) electrons. The molecule has 0 unspecified atom stereocenters. The molecule has 0 bridgehead atoms. The van der Waals surface area contributed by atoms with Crippen LogP contribution in [0.5, 0.6) is 5.75 Å². The summed E-state index contributed by atoms with van der Waals surface area (Å²) in [5.74, 6) is -2.80. The number of fused-ring (bicyclic) bond motifs is 2. The highest BCUT2D eigenvalue weighted by molar-refractivity contribution is 6.49. The number of benzene rings is 2. The van der Waals surface area contributed by atoms with E-state index in [2.05, 4.69) is 20.3 Å². The molecule has 1 atom stereocenters. The van der Waals surface area contributed by atoms with Crippen LogP contribution < -0.4 is 5.32 Å². The molecule has 2 aromatic carbocycles. The average molecular weight is 388 g/mol. The number of para-hydroxylation sites is 1. The lowest BCUT2D eigenvalue weighted by Gasteiger charge is -2.22. The maximum Gasteiger partial charge on any atom is 0.306 e. The number of carbonyl (C=O) groups excluding carboxylic acids is 2. The van der Waals surface area contributed by atoms with Crippen LogP contribution >= 0.6 is 0 Å². The minimum atomic E-state index is -1.86. The van der Waals surface area contributed by atoms with Crippen LogP contribution in [0.3, 0.4) is 0 Å². The van der Waals surface area contributed by atoms with Crippen molar-refractivity contribution < 1.29 is 19.4 Å². The number of aromatic hydroxyl groups is 1. The van der Waals surface area contributed by atoms with Crippen LogP contribution in [0.1, 0.15) is 15.9 Å². The fourth-order valence-corrected chi connectivity index (χ4v) is 3.68. The Bertz CT molecular complexity index is 1330. The number of H-pyrrole nitrogens is 2. The number of ether oxygens (including phenoxy) is 1. The Morgan fingerprint density at radius 1 is 1.07 bits per heavy atom. The topological polar surface area (TPSA) is 120 Å². The molecule has 0 spiro atoms. The molecule has 144 valence electrons. The average Bonchev–Trinajstić information content (AvgIpc) is 3.42. The molecule has 1 aliphatic heterocycles. The van der Waals surface area contributed by atoms with Gasteiger partial charge < -0.3 is 19.8 Å². The van der Waals surface area contributed by atoms with Crippen LogP contribution in [-0.2, 0) is 9.53 Å². The Balaban J connectivity index is 1.62. The van der Waals surface area contributed by atoms with Gasteiger partial charge in [-0.1, -0.05) is 18.2 Å². The van der Waals surface area contributed by atoms with Gasteiger partial charge in [-0.15, -0.1) is 0 Å². The molecular weight excluding hydrogens is 372 g/mol. The van der Waals surface area contributed by atoms with Gasteiger partial charge in [-0.25, -0.2) is 4.99 Å². The van der Waals surface area contributed by atoms with Gasteiger partial charge in [0.25, 0.3) is 5.91 Å². The van der Waals surface area contributed by atoms with Gasteiger partial charge in [0.05, 0.1) is 5.56 Å². The summed E-state index contributed by atoms with van der Waals surface area (Å²) in [5, 5.41) is 13.6. The van der Waals surface area contributed by atoms with Crippen molar-refractivity contribution in [2.75, 3.05) is 7.11 Å². The number of nitrogens with zero attached hydrogens (tertiary/aromatic N) is 1. The lowest BCUT2D eigenvalue weighted by molar-refractivity contribution is -0.119. The molecule has 1 aliphatic rings. The predicted octanol–water partition coefficient (Wildman–Crippen LogP) is 2.46. The number of ketones is 1. The van der Waals surface area contributed by atoms with Crippen molar-refractivity contribution in [1.82, 2.24) is 15.3 Å². The molecule has 5 rings (SSSR count). The summed E-state index contributed by atoms with van der Waals surface area (Å²) in [6.45, 7) is 0. The number of hydrogen-bond donors (Lipinski definition) is 4. The number of methoxy groups -OCH3 is 1. The number of Topliss-reactive ketones (excluding diaryl/α,β-unsaturated/α-hetero) is 1. The van der Waals surface area contributed by atoms with Gasteiger partial charge in [0.1, 0.15) is 11.5 Å². The van der Waals surface area contributed by atoms with E-state index in [9.17, 15) is 14.7 Å². The number of aliphatic imine (C=N–C) groups is 1. The summed E-state index contributed by atoms with van der Waals surface area (Å²) >= 11 is 0. The Morgan fingerprint density at radius 2 is 1.86 bits per heavy atom. The van der Waals surface area contributed by atoms with E-state index in [1.54, 1.807) is 12.3 Å². The van der Waals surface area contributed by atoms with Gasteiger partial charge in [0, 0.05) is 52.9 Å². The predicted molar refractivity (Wildman–Crippen MR) is 107 cm³/mol. The van der Waals surface area contributed by atoms with Crippen LogP contribution in [0.25, 0.3) is 21.8 Å². The van der Waals surface area contributed by atoms with E-state index >= 15 is 0 Å². The maximum atomic E-state index is 13.3. The van der Waals surface area contributed by atoms with Crippen molar-refractivity contribution in [1.29, 1.82) is 0 Å². The molecule has 0 saturated carbocycles. The van der Waals surface area contributed by atoms with E-state index in [0.29, 0.717) is 22.0 Å². The van der Waals surface area contributed by atoms with E-state index in [4.69, 9.17) is 4.74 Å². The van der Waals surface area contributed by atoms with Crippen LogP contribution in [0.2, 0.25) is 0 Å². The number of carbonyl (C=O) groups is 2. The third kappa shape index (κ3) is 2.46. The van der Waals surface area contributed by atoms with Gasteiger partial charge in [-0.2, -0.15) is 0 Å². The minimum Gasteiger partial charge on any atom is -0.508 e. The molecule has 8 nitrogen and oxygen atoms in total. The van der Waals surface area contributed by atoms with Crippen molar-refractivity contribution in [3.63, 3.8) is 0 Å². The standard InChI is InChI=1S/C21H16N4O4/c1-29-21(19(27)15-10-23-17-8-11(26)6-7-13(15)17)24-18(20(28)25-21)14-9-22-16-5-3-2-4-12(14)16/h2-10,22-23,26H,1H3,(H,25,28)/t21-/m0/s1. The van der Waals surface area contributed by atoms with E-state index < -0.39 is 17.5 Å². The van der Waals surface area contributed by atoms with Crippen molar-refractivity contribution in [3.8, 4) is 5.75 Å². The second-order valence-corrected chi connectivity index (χ2v) is 6.77. The Hall–Kier alpha value is -3.91. The van der Waals surface area contributed by atoms with Crippen LogP contribution in [-0.4, -0.2) is 45.4 Å². The van der Waals surface area contributed by atoms with Crippen LogP contribution in [0.4, 0.5) is 0 Å². The summed E-state index contributed by atoms with van der Waals surface area (Å²) in [5.41, 5.74) is 2.45. The molecule has 4 aromatic rings. The maximum absolute atomic E-state index is 13.3. The van der Waals surface area contributed by atoms with Crippen LogP contribution in [0.15, 0.2) is 59.9 Å². The van der Waals surface area contributed by atoms with Gasteiger partial charge >= 0.3 is 5.85 Å². The van der Waals surface area contributed by atoms with E-state index in [1.165, 1.54) is 25.4 Å². The Kier molecular flexibility index (Phi) is 3.59. The lowest BCUT2D eigenvalue weighted by atomic mass is 10.1. The minimum absolute atomic E-state index is 0.0774. The number of phenolic OH excluding ortho intramolecular Hbond substituents is 1. The molecule has 0 fully saturated rings. The summed E-state index contributed by atoms with van der Waals surface area (Å²) in [6, 6.07) is 12.1. The second-order valence-electron chi connectivity index (χ2n) is 6.77. The third-order valence-corrected chi connectivity index (χ3v) is 5.12. The van der Waals surface area contributed by atoms with E-state index in [0.717, 1.165) is 10.9 Å². The molecule has 4 N–H and O–H groups in total. The molecule has 0 aliphatic carbocycles. The highest BCUT2D eigenvalue weighted by Gasteiger charge is 2.48. The first-order valence-electron chi connectivity index (χ1n) is 8.91. The lowest BCUT2D eigenvalue weighted by Crippen LogP contribution is -2.50. The highest BCUT2D eigenvalue weighted by atomic mass is 16.5. The van der Waals surface area contributed by atoms with E-state index in [1.807, 2.05) is 24.3 Å². The smallest absolute Gasteiger partial charge is 0.306 e. The van der Waals surface area contributed by atoms with Crippen molar-refractivity contribution in [3.05, 3.63) is 66.0 Å². The number of phenols is 1. The van der Waals surface area contributed by atoms with Gasteiger partial charge in [0.15, 0.2) is 0 Å². The molecule has 29 heavy (non-hydrogen) atoms. The summed E-state index contributed by atoms with van der Waals surface area (Å²) in [6.07, 6.45) is 3.20. The molecule has 8 heteroatoms. The van der Waals surface area contributed by atoms with Crippen molar-refractivity contribution in [2.45, 2.75) is 5.85 Å². The van der Waals surface area contributed by atoms with Crippen LogP contribution in [0, 0.1) is 0 Å². The first kappa shape index (κ1) is 17.2. The first-order chi connectivity index (χ1) is 14.0. The molecule has 1 amide bonds. The fraction of sp³-hybridized carbons (Fsp3) is 0.0952. The zero-order valence-electron chi connectivity index (χ0n) is 15.3. The quantitative estimate of drug-likeness (QED) is 0.402.